The minimum Gasteiger partial charge on any atom is -0.508 e. The number of aromatic hydroxyl groups is 1. The maximum Gasteiger partial charge on any atom is 0.330 e. The molecule has 0 spiro atoms. The van der Waals surface area contributed by atoms with E-state index in [4.69, 9.17) is 17.3 Å². The number of nitrogens with one attached hydrogen (secondary N) is 2. The molecule has 2 unspecified atom stereocenters. The maximum absolute atomic E-state index is 12.6. The summed E-state index contributed by atoms with van der Waals surface area (Å²) in [6.07, 6.45) is -0.0465. The Morgan fingerprint density at radius 2 is 2.00 bits per heavy atom. The number of phenols is 1. The molecule has 0 saturated heterocycles. The van der Waals surface area contributed by atoms with Crippen LogP contribution in [0.2, 0.25) is 5.02 Å². The van der Waals surface area contributed by atoms with Crippen LogP contribution in [0.15, 0.2) is 42.5 Å². The first-order valence-electron chi connectivity index (χ1n) is 9.30. The second-order valence-electron chi connectivity index (χ2n) is 7.40. The molecule has 30 heavy (non-hydrogen) atoms. The van der Waals surface area contributed by atoms with Crippen LogP contribution in [0.3, 0.4) is 0 Å². The van der Waals surface area contributed by atoms with Crippen LogP contribution < -0.4 is 16.4 Å². The van der Waals surface area contributed by atoms with E-state index in [0.717, 1.165) is 11.1 Å². The summed E-state index contributed by atoms with van der Waals surface area (Å²) >= 11 is 6.27. The zero-order valence-electron chi connectivity index (χ0n) is 16.2. The highest BCUT2D eigenvalue weighted by atomic mass is 35.5. The number of hydrogen-bond donors (Lipinski definition) is 5. The second-order valence-corrected chi connectivity index (χ2v) is 7.81. The van der Waals surface area contributed by atoms with Gasteiger partial charge in [-0.1, -0.05) is 29.8 Å². The monoisotopic (exact) mass is 431 g/mol. The van der Waals surface area contributed by atoms with Gasteiger partial charge in [0.2, 0.25) is 5.91 Å². The molecule has 2 aromatic rings. The topological polar surface area (TPSA) is 142 Å². The third kappa shape index (κ3) is 4.39. The molecule has 0 aliphatic heterocycles. The van der Waals surface area contributed by atoms with Crippen LogP contribution in [0.5, 0.6) is 5.75 Å². The SMILES string of the molecule is CC(NCc1cccc(O)c1)c1ccc(C(=O)NC2(C(=O)O)C[C@H]2C(N)=O)c(Cl)c1. The van der Waals surface area contributed by atoms with Gasteiger partial charge in [0.05, 0.1) is 16.5 Å². The highest BCUT2D eigenvalue weighted by molar-refractivity contribution is 6.34. The summed E-state index contributed by atoms with van der Waals surface area (Å²) in [4.78, 5) is 35.4. The first kappa shape index (κ1) is 21.6. The van der Waals surface area contributed by atoms with Crippen molar-refractivity contribution in [3.63, 3.8) is 0 Å². The summed E-state index contributed by atoms with van der Waals surface area (Å²) in [6.45, 7) is 2.44. The van der Waals surface area contributed by atoms with Crippen molar-refractivity contribution < 1.29 is 24.6 Å². The van der Waals surface area contributed by atoms with Gasteiger partial charge in [-0.3, -0.25) is 9.59 Å². The number of halogens is 1. The number of carboxylic acids is 1. The van der Waals surface area contributed by atoms with Gasteiger partial charge < -0.3 is 26.6 Å². The van der Waals surface area contributed by atoms with Crippen LogP contribution in [0, 0.1) is 5.92 Å². The number of benzene rings is 2. The third-order valence-corrected chi connectivity index (χ3v) is 5.60. The Morgan fingerprint density at radius 1 is 1.27 bits per heavy atom. The number of primary amides is 1. The fourth-order valence-electron chi connectivity index (χ4n) is 3.34. The molecule has 3 atom stereocenters. The fraction of sp³-hybridized carbons (Fsp3) is 0.286. The zero-order chi connectivity index (χ0) is 22.1. The van der Waals surface area contributed by atoms with E-state index >= 15 is 0 Å². The molecule has 1 saturated carbocycles. The van der Waals surface area contributed by atoms with E-state index in [2.05, 4.69) is 10.6 Å². The van der Waals surface area contributed by atoms with Crippen LogP contribution in [-0.2, 0) is 16.1 Å². The quantitative estimate of drug-likeness (QED) is 0.432. The van der Waals surface area contributed by atoms with Crippen molar-refractivity contribution in [3.8, 4) is 5.75 Å². The van der Waals surface area contributed by atoms with E-state index in [1.54, 1.807) is 30.3 Å². The lowest BCUT2D eigenvalue weighted by Crippen LogP contribution is -2.46. The molecule has 1 fully saturated rings. The lowest BCUT2D eigenvalue weighted by atomic mass is 10.0. The molecule has 2 aromatic carbocycles. The van der Waals surface area contributed by atoms with Crippen LogP contribution in [0.25, 0.3) is 0 Å². The summed E-state index contributed by atoms with van der Waals surface area (Å²) in [6, 6.07) is 11.7. The molecule has 1 aliphatic rings. The van der Waals surface area contributed by atoms with Gasteiger partial charge in [-0.25, -0.2) is 4.79 Å². The van der Waals surface area contributed by atoms with Gasteiger partial charge in [0, 0.05) is 12.6 Å². The number of carboxylic acid groups (broad SMARTS) is 1. The number of hydrogen-bond acceptors (Lipinski definition) is 5. The van der Waals surface area contributed by atoms with E-state index in [9.17, 15) is 24.6 Å². The van der Waals surface area contributed by atoms with E-state index in [1.807, 2.05) is 13.0 Å². The van der Waals surface area contributed by atoms with Crippen molar-refractivity contribution in [2.75, 3.05) is 0 Å². The molecule has 8 nitrogen and oxygen atoms in total. The second kappa shape index (κ2) is 8.33. The minimum atomic E-state index is -1.68. The highest BCUT2D eigenvalue weighted by Crippen LogP contribution is 2.44. The number of carbonyl (C=O) groups excluding carboxylic acids is 2. The zero-order valence-corrected chi connectivity index (χ0v) is 16.9. The van der Waals surface area contributed by atoms with Crippen molar-refractivity contribution in [2.45, 2.75) is 31.5 Å². The first-order chi connectivity index (χ1) is 14.1. The summed E-state index contributed by atoms with van der Waals surface area (Å²) in [7, 11) is 0. The molecule has 9 heteroatoms. The first-order valence-corrected chi connectivity index (χ1v) is 9.68. The van der Waals surface area contributed by atoms with Crippen LogP contribution >= 0.6 is 11.6 Å². The van der Waals surface area contributed by atoms with Crippen molar-refractivity contribution in [3.05, 3.63) is 64.2 Å². The van der Waals surface area contributed by atoms with Gasteiger partial charge >= 0.3 is 5.97 Å². The maximum atomic E-state index is 12.6. The Hall–Kier alpha value is -3.10. The molecular weight excluding hydrogens is 410 g/mol. The average Bonchev–Trinajstić information content (AvgIpc) is 3.42. The molecule has 2 amide bonds. The largest absolute Gasteiger partial charge is 0.508 e. The van der Waals surface area contributed by atoms with Crippen molar-refractivity contribution in [2.24, 2.45) is 11.7 Å². The van der Waals surface area contributed by atoms with E-state index < -0.39 is 29.2 Å². The summed E-state index contributed by atoms with van der Waals surface area (Å²) in [5.74, 6) is -3.52. The molecule has 6 N–H and O–H groups in total. The smallest absolute Gasteiger partial charge is 0.330 e. The van der Waals surface area contributed by atoms with Gasteiger partial charge in [-0.05, 0) is 48.7 Å². The van der Waals surface area contributed by atoms with Crippen molar-refractivity contribution in [1.82, 2.24) is 10.6 Å². The molecule has 0 heterocycles. The normalized spacial score (nSPS) is 20.9. The van der Waals surface area contributed by atoms with Gasteiger partial charge in [0.1, 0.15) is 5.75 Å². The number of carbonyl (C=O) groups is 3. The fourth-order valence-corrected chi connectivity index (χ4v) is 3.62. The highest BCUT2D eigenvalue weighted by Gasteiger charge is 2.65. The minimum absolute atomic E-state index is 0.0465. The van der Waals surface area contributed by atoms with E-state index in [0.29, 0.717) is 6.54 Å². The Labute approximate surface area is 178 Å². The molecular formula is C21H22ClN3O5. The standard InChI is InChI=1S/C21H22ClN3O5/c1-11(24-10-12-3-2-4-14(26)7-12)13-5-6-15(17(22)8-13)19(28)25-21(20(29)30)9-16(21)18(23)27/h2-8,11,16,24,26H,9-10H2,1H3,(H2,23,27)(H,25,28)(H,29,30)/t11?,16-,21?/m0/s1. The van der Waals surface area contributed by atoms with Crippen LogP contribution in [-0.4, -0.2) is 33.5 Å². The lowest BCUT2D eigenvalue weighted by molar-refractivity contribution is -0.142. The van der Waals surface area contributed by atoms with Gasteiger partial charge in [0.15, 0.2) is 5.54 Å². The van der Waals surface area contributed by atoms with Gasteiger partial charge in [-0.15, -0.1) is 0 Å². The molecule has 3 rings (SSSR count). The summed E-state index contributed by atoms with van der Waals surface area (Å²) in [5.41, 5.74) is 5.35. The number of phenolic OH excluding ortho intramolecular Hbond substituents is 1. The number of rotatable bonds is 8. The van der Waals surface area contributed by atoms with Crippen LogP contribution in [0.4, 0.5) is 0 Å². The predicted octanol–water partition coefficient (Wildman–Crippen LogP) is 1.95. The van der Waals surface area contributed by atoms with Crippen molar-refractivity contribution in [1.29, 1.82) is 0 Å². The Morgan fingerprint density at radius 3 is 2.57 bits per heavy atom. The van der Waals surface area contributed by atoms with Crippen LogP contribution in [0.1, 0.15) is 40.9 Å². The number of nitrogens with two attached hydrogens (primary N) is 1. The molecule has 1 aliphatic carbocycles. The van der Waals surface area contributed by atoms with Crippen molar-refractivity contribution >= 4 is 29.4 Å². The molecule has 158 valence electrons. The Kier molecular flexibility index (Phi) is 6.00. The van der Waals surface area contributed by atoms with E-state index in [-0.39, 0.29) is 28.8 Å². The third-order valence-electron chi connectivity index (χ3n) is 5.28. The van der Waals surface area contributed by atoms with Gasteiger partial charge in [0.25, 0.3) is 5.91 Å². The van der Waals surface area contributed by atoms with Gasteiger partial charge in [-0.2, -0.15) is 0 Å². The number of aliphatic carboxylic acids is 1. The molecule has 0 bridgehead atoms. The summed E-state index contributed by atoms with van der Waals surface area (Å²) in [5, 5.41) is 24.8. The average molecular weight is 432 g/mol. The lowest BCUT2D eigenvalue weighted by Gasteiger charge is -2.17. The summed E-state index contributed by atoms with van der Waals surface area (Å²) < 4.78 is 0. The molecule has 0 aromatic heterocycles. The number of amides is 2. The predicted molar refractivity (Wildman–Crippen MR) is 110 cm³/mol. The van der Waals surface area contributed by atoms with E-state index in [1.165, 1.54) is 6.07 Å². The molecule has 0 radical (unpaired) electrons. The Bertz CT molecular complexity index is 1010. The Balaban J connectivity index is 1.68.